The highest BCUT2D eigenvalue weighted by Crippen LogP contribution is 2.50. The zero-order chi connectivity index (χ0) is 43.6. The van der Waals surface area contributed by atoms with Crippen molar-refractivity contribution in [3.8, 4) is 44.5 Å². The molecule has 0 spiro atoms. The molecule has 0 aliphatic rings. The SMILES string of the molecule is c1ccc(-c2c(-c3ccccc3)c3cc(-c4ccccc4N(c4cccc(-c5cccc6c5sc5ccccc56)c4)c4cc5ccccc5c5ccccc45)ccc3c3ccccc23)cc1. The second-order valence-electron chi connectivity index (χ2n) is 17.1. The number of hydrogen-bond donors (Lipinski definition) is 0. The smallest absolute Gasteiger partial charge is 0.0546 e. The summed E-state index contributed by atoms with van der Waals surface area (Å²) in [6.45, 7) is 0. The number of benzene rings is 12. The van der Waals surface area contributed by atoms with Gasteiger partial charge in [-0.05, 0) is 113 Å². The van der Waals surface area contributed by atoms with Crippen LogP contribution in [0.5, 0.6) is 0 Å². The number of nitrogens with zero attached hydrogens (tertiary/aromatic N) is 1. The quantitative estimate of drug-likeness (QED) is 0.144. The second kappa shape index (κ2) is 15.7. The molecule has 13 aromatic rings. The van der Waals surface area contributed by atoms with E-state index < -0.39 is 0 Å². The van der Waals surface area contributed by atoms with Crippen molar-refractivity contribution in [3.63, 3.8) is 0 Å². The molecule has 0 radical (unpaired) electrons. The number of anilines is 3. The van der Waals surface area contributed by atoms with E-state index in [1.165, 1.54) is 96.6 Å². The van der Waals surface area contributed by atoms with Crippen molar-refractivity contribution in [1.82, 2.24) is 0 Å². The van der Waals surface area contributed by atoms with E-state index in [4.69, 9.17) is 0 Å². The Kier molecular flexibility index (Phi) is 9.11. The molecule has 1 heterocycles. The summed E-state index contributed by atoms with van der Waals surface area (Å²) in [7, 11) is 0. The third kappa shape index (κ3) is 6.22. The molecule has 0 unspecified atom stereocenters. The van der Waals surface area contributed by atoms with E-state index in [0.29, 0.717) is 0 Å². The predicted octanol–water partition coefficient (Wildman–Crippen LogP) is 18.8. The molecular formula is C64H41NS. The van der Waals surface area contributed by atoms with Gasteiger partial charge in [0.05, 0.1) is 11.4 Å². The van der Waals surface area contributed by atoms with Crippen LogP contribution in [0.4, 0.5) is 17.1 Å². The van der Waals surface area contributed by atoms with Crippen molar-refractivity contribution in [3.05, 3.63) is 249 Å². The molecule has 0 saturated carbocycles. The Hall–Kier alpha value is -8.30. The van der Waals surface area contributed by atoms with Gasteiger partial charge in [-0.1, -0.05) is 212 Å². The van der Waals surface area contributed by atoms with Gasteiger partial charge in [0.1, 0.15) is 0 Å². The van der Waals surface area contributed by atoms with Crippen molar-refractivity contribution < 1.29 is 0 Å². The Morgan fingerprint density at radius 2 is 0.803 bits per heavy atom. The van der Waals surface area contributed by atoms with Crippen LogP contribution in [0.1, 0.15) is 0 Å². The Bertz CT molecular complexity index is 4000. The van der Waals surface area contributed by atoms with Crippen LogP contribution in [0.3, 0.4) is 0 Å². The molecule has 0 amide bonds. The molecule has 66 heavy (non-hydrogen) atoms. The molecule has 2 heteroatoms. The normalized spacial score (nSPS) is 11.6. The number of para-hydroxylation sites is 1. The van der Waals surface area contributed by atoms with Gasteiger partial charge < -0.3 is 4.90 Å². The van der Waals surface area contributed by atoms with E-state index in [1.807, 2.05) is 11.3 Å². The fraction of sp³-hybridized carbons (Fsp3) is 0. The van der Waals surface area contributed by atoms with Crippen LogP contribution in [-0.2, 0) is 0 Å². The lowest BCUT2D eigenvalue weighted by Gasteiger charge is -2.30. The van der Waals surface area contributed by atoms with Gasteiger partial charge in [-0.25, -0.2) is 0 Å². The number of hydrogen-bond acceptors (Lipinski definition) is 2. The highest BCUT2D eigenvalue weighted by atomic mass is 32.1. The highest BCUT2D eigenvalue weighted by Gasteiger charge is 2.23. The molecule has 0 saturated heterocycles. The molecule has 1 nitrogen and oxygen atoms in total. The molecule has 0 aliphatic carbocycles. The first kappa shape index (κ1) is 38.2. The van der Waals surface area contributed by atoms with Crippen molar-refractivity contribution in [2.45, 2.75) is 0 Å². The van der Waals surface area contributed by atoms with Gasteiger partial charge in [-0.3, -0.25) is 0 Å². The van der Waals surface area contributed by atoms with Crippen molar-refractivity contribution in [2.75, 3.05) is 4.90 Å². The first-order valence-corrected chi connectivity index (χ1v) is 23.5. The maximum Gasteiger partial charge on any atom is 0.0546 e. The molecule has 308 valence electrons. The summed E-state index contributed by atoms with van der Waals surface area (Å²) in [6.07, 6.45) is 0. The van der Waals surface area contributed by atoms with Crippen LogP contribution in [0.2, 0.25) is 0 Å². The van der Waals surface area contributed by atoms with Crippen molar-refractivity contribution in [1.29, 1.82) is 0 Å². The van der Waals surface area contributed by atoms with Crippen molar-refractivity contribution in [2.24, 2.45) is 0 Å². The Morgan fingerprint density at radius 1 is 0.273 bits per heavy atom. The summed E-state index contributed by atoms with van der Waals surface area (Å²) in [5.74, 6) is 0. The maximum atomic E-state index is 2.51. The number of rotatable bonds is 7. The topological polar surface area (TPSA) is 3.24 Å². The molecule has 0 atom stereocenters. The molecule has 0 N–H and O–H groups in total. The van der Waals surface area contributed by atoms with Crippen LogP contribution >= 0.6 is 11.3 Å². The largest absolute Gasteiger partial charge is 0.309 e. The fourth-order valence-corrected chi connectivity index (χ4v) is 11.7. The zero-order valence-electron chi connectivity index (χ0n) is 36.0. The molecule has 12 aromatic carbocycles. The van der Waals surface area contributed by atoms with Gasteiger partial charge in [-0.2, -0.15) is 0 Å². The average Bonchev–Trinajstić information content (AvgIpc) is 3.78. The molecular weight excluding hydrogens is 815 g/mol. The number of thiophene rings is 1. The summed E-state index contributed by atoms with van der Waals surface area (Å²) in [6, 6.07) is 91.7. The van der Waals surface area contributed by atoms with E-state index >= 15 is 0 Å². The average molecular weight is 856 g/mol. The first-order chi connectivity index (χ1) is 32.8. The second-order valence-corrected chi connectivity index (χ2v) is 18.2. The van der Waals surface area contributed by atoms with Crippen molar-refractivity contribution >= 4 is 91.7 Å². The number of fused-ring (bicyclic) bond motifs is 9. The van der Waals surface area contributed by atoms with Gasteiger partial charge in [-0.15, -0.1) is 11.3 Å². The Morgan fingerprint density at radius 3 is 1.59 bits per heavy atom. The summed E-state index contributed by atoms with van der Waals surface area (Å²) in [4.78, 5) is 2.51. The first-order valence-electron chi connectivity index (χ1n) is 22.7. The monoisotopic (exact) mass is 855 g/mol. The minimum Gasteiger partial charge on any atom is -0.309 e. The predicted molar refractivity (Wildman–Crippen MR) is 286 cm³/mol. The van der Waals surface area contributed by atoms with E-state index in [9.17, 15) is 0 Å². The van der Waals surface area contributed by atoms with Gasteiger partial charge in [0, 0.05) is 36.8 Å². The fourth-order valence-electron chi connectivity index (χ4n) is 10.5. The standard InChI is InChI=1S/C64H41NS/c1-3-19-42(20-4-1)62-56-32-12-10-29-52(56)53-38-37-46(40-58(53)63(62)43-21-5-2-6-22-43)49-27-13-15-35-59(49)65(60-41-45-23-7-8-26-48(45)51-28-9-11-30-54(51)60)47-25-17-24-44(39-47)50-33-18-34-57-55-31-14-16-36-61(55)66-64(50)57/h1-41H. The summed E-state index contributed by atoms with van der Waals surface area (Å²) in [5, 5.41) is 12.5. The van der Waals surface area contributed by atoms with Crippen LogP contribution in [0.15, 0.2) is 249 Å². The third-order valence-electron chi connectivity index (χ3n) is 13.4. The lowest BCUT2D eigenvalue weighted by Crippen LogP contribution is -2.12. The molecule has 0 fully saturated rings. The highest BCUT2D eigenvalue weighted by molar-refractivity contribution is 7.26. The summed E-state index contributed by atoms with van der Waals surface area (Å²) >= 11 is 1.88. The molecule has 13 rings (SSSR count). The lowest BCUT2D eigenvalue weighted by atomic mass is 9.84. The Balaban J connectivity index is 1.09. The maximum absolute atomic E-state index is 2.51. The molecule has 1 aromatic heterocycles. The van der Waals surface area contributed by atoms with Gasteiger partial charge >= 0.3 is 0 Å². The van der Waals surface area contributed by atoms with E-state index in [-0.39, 0.29) is 0 Å². The van der Waals surface area contributed by atoms with Gasteiger partial charge in [0.15, 0.2) is 0 Å². The Labute approximate surface area is 387 Å². The van der Waals surface area contributed by atoms with Gasteiger partial charge in [0.25, 0.3) is 0 Å². The van der Waals surface area contributed by atoms with E-state index in [0.717, 1.165) is 28.2 Å². The van der Waals surface area contributed by atoms with Crippen LogP contribution in [0, 0.1) is 0 Å². The summed E-state index contributed by atoms with van der Waals surface area (Å²) in [5.41, 5.74) is 13.0. The van der Waals surface area contributed by atoms with Crippen LogP contribution in [-0.4, -0.2) is 0 Å². The van der Waals surface area contributed by atoms with Gasteiger partial charge in [0.2, 0.25) is 0 Å². The molecule has 0 aliphatic heterocycles. The zero-order valence-corrected chi connectivity index (χ0v) is 36.8. The van der Waals surface area contributed by atoms with E-state index in [1.54, 1.807) is 0 Å². The van der Waals surface area contributed by atoms with Crippen LogP contribution < -0.4 is 4.90 Å². The minimum absolute atomic E-state index is 1.10. The molecule has 0 bridgehead atoms. The van der Waals surface area contributed by atoms with E-state index in [2.05, 4.69) is 254 Å². The summed E-state index contributed by atoms with van der Waals surface area (Å²) < 4.78 is 2.62. The van der Waals surface area contributed by atoms with Crippen LogP contribution in [0.25, 0.3) is 108 Å². The minimum atomic E-state index is 1.10. The third-order valence-corrected chi connectivity index (χ3v) is 14.6. The lowest BCUT2D eigenvalue weighted by molar-refractivity contribution is 1.30.